The Morgan fingerprint density at radius 2 is 1.55 bits per heavy atom. The molecule has 1 saturated heterocycles. The number of rotatable bonds is 6. The second kappa shape index (κ2) is 11.3. The minimum absolute atomic E-state index is 0.0230. The molecule has 0 radical (unpaired) electrons. The number of amides is 1. The Morgan fingerprint density at radius 3 is 2.14 bits per heavy atom. The molecule has 2 aliphatic carbocycles. The Morgan fingerprint density at radius 1 is 0.932 bits per heavy atom. The topological polar surface area (TPSA) is 72.5 Å². The summed E-state index contributed by atoms with van der Waals surface area (Å²) in [4.78, 5) is 13.0. The van der Waals surface area contributed by atoms with Crippen molar-refractivity contribution in [3.63, 3.8) is 0 Å². The van der Waals surface area contributed by atoms with Crippen LogP contribution >= 0.6 is 0 Å². The third-order valence-corrected chi connectivity index (χ3v) is 12.3. The quantitative estimate of drug-likeness (QED) is 0.279. The van der Waals surface area contributed by atoms with Crippen molar-refractivity contribution in [1.29, 1.82) is 0 Å². The molecule has 242 valence electrons. The normalized spacial score (nSPS) is 25.7. The van der Waals surface area contributed by atoms with Crippen LogP contribution in [0.3, 0.4) is 0 Å². The van der Waals surface area contributed by atoms with Crippen LogP contribution in [0, 0.1) is 23.6 Å². The minimum atomic E-state index is -6.33. The van der Waals surface area contributed by atoms with Crippen LogP contribution in [0.4, 0.5) is 35.1 Å². The number of fused-ring (bicyclic) bond motifs is 3. The maximum absolute atomic E-state index is 15.0. The molecule has 1 heterocycles. The number of nitrogens with one attached hydrogen (secondary N) is 1. The van der Waals surface area contributed by atoms with E-state index in [1.54, 1.807) is 6.92 Å². The van der Waals surface area contributed by atoms with Crippen molar-refractivity contribution in [1.82, 2.24) is 5.32 Å². The van der Waals surface area contributed by atoms with Crippen LogP contribution in [0.5, 0.6) is 0 Å². The van der Waals surface area contributed by atoms with Gasteiger partial charge in [-0.2, -0.15) is 26.3 Å². The van der Waals surface area contributed by atoms with E-state index in [2.05, 4.69) is 5.32 Å². The summed E-state index contributed by atoms with van der Waals surface area (Å²) in [6, 6.07) is 4.88. The number of ether oxygens (including phenoxy) is 1. The Hall–Kier alpha value is -2.74. The van der Waals surface area contributed by atoms with Crippen LogP contribution in [-0.4, -0.2) is 45.9 Å². The second-order valence-corrected chi connectivity index (χ2v) is 14.1. The molecule has 5 nitrogen and oxygen atoms in total. The molecule has 2 aromatic rings. The van der Waals surface area contributed by atoms with Gasteiger partial charge in [-0.25, -0.2) is 17.2 Å². The van der Waals surface area contributed by atoms with Crippen molar-refractivity contribution in [2.45, 2.75) is 79.2 Å². The molecule has 1 aliphatic heterocycles. The Kier molecular flexibility index (Phi) is 8.35. The first-order valence-corrected chi connectivity index (χ1v) is 15.8. The largest absolute Gasteiger partial charge is 0.435 e. The predicted octanol–water partition coefficient (Wildman–Crippen LogP) is 6.69. The van der Waals surface area contributed by atoms with Gasteiger partial charge in [-0.05, 0) is 79.8 Å². The number of aryl methyl sites for hydroxylation is 1. The van der Waals surface area contributed by atoms with Crippen LogP contribution in [-0.2, 0) is 36.2 Å². The van der Waals surface area contributed by atoms with E-state index in [9.17, 15) is 48.3 Å². The fourth-order valence-corrected chi connectivity index (χ4v) is 9.77. The van der Waals surface area contributed by atoms with Crippen LogP contribution in [0.1, 0.15) is 55.7 Å². The molecular weight excluding hydrogens is 622 g/mol. The maximum Gasteiger partial charge on any atom is 0.435 e. The molecular formula is C30H31F8NO4S. The Bertz CT molecular complexity index is 1490. The molecule has 5 rings (SSSR count). The van der Waals surface area contributed by atoms with E-state index in [4.69, 9.17) is 4.74 Å². The van der Waals surface area contributed by atoms with Gasteiger partial charge in [0.1, 0.15) is 10.6 Å². The average molecular weight is 654 g/mol. The summed E-state index contributed by atoms with van der Waals surface area (Å²) in [6.07, 6.45) is -11.5. The fourth-order valence-electron chi connectivity index (χ4n) is 7.30. The van der Waals surface area contributed by atoms with Gasteiger partial charge in [-0.3, -0.25) is 4.79 Å². The number of hydrogen-bond acceptors (Lipinski definition) is 4. The zero-order chi connectivity index (χ0) is 32.3. The van der Waals surface area contributed by atoms with Crippen molar-refractivity contribution < 1.29 is 53.1 Å². The smallest absolute Gasteiger partial charge is 0.381 e. The predicted molar refractivity (Wildman–Crippen MR) is 142 cm³/mol. The van der Waals surface area contributed by atoms with Gasteiger partial charge in [0.15, 0.2) is 9.84 Å². The highest BCUT2D eigenvalue weighted by Gasteiger charge is 2.73. The van der Waals surface area contributed by atoms with E-state index in [0.29, 0.717) is 38.2 Å². The number of carbonyl (C=O) groups is 1. The molecule has 44 heavy (non-hydrogen) atoms. The summed E-state index contributed by atoms with van der Waals surface area (Å²) >= 11 is 0. The summed E-state index contributed by atoms with van der Waals surface area (Å²) in [7, 11) is -4.48. The molecule has 3 aliphatic rings. The maximum atomic E-state index is 15.0. The molecule has 1 amide bonds. The summed E-state index contributed by atoms with van der Waals surface area (Å²) in [5.41, 5.74) is -7.59. The number of halogens is 8. The molecule has 2 fully saturated rings. The van der Waals surface area contributed by atoms with E-state index in [1.165, 1.54) is 0 Å². The van der Waals surface area contributed by atoms with E-state index in [1.807, 2.05) is 0 Å². The molecule has 14 heteroatoms. The summed E-state index contributed by atoms with van der Waals surface area (Å²) < 4.78 is 142. The lowest BCUT2D eigenvalue weighted by Gasteiger charge is -2.43. The van der Waals surface area contributed by atoms with Gasteiger partial charge in [0.2, 0.25) is 5.91 Å². The lowest BCUT2D eigenvalue weighted by atomic mass is 9.73. The third-order valence-electron chi connectivity index (χ3n) is 9.69. The minimum Gasteiger partial charge on any atom is -0.381 e. The van der Waals surface area contributed by atoms with Crippen molar-refractivity contribution in [3.05, 3.63) is 65.0 Å². The summed E-state index contributed by atoms with van der Waals surface area (Å²) in [6.45, 7) is 2.79. The second-order valence-electron chi connectivity index (χ2n) is 11.9. The van der Waals surface area contributed by atoms with Gasteiger partial charge in [0, 0.05) is 36.7 Å². The SMILES string of the molecule is CC(C(=O)N[C@@H]1CC[C@@]2(S(=O)(=O)c3ccc(F)cc3)c3ccc(C(F)(C(F)(F)F)C(F)(F)F)cc3CC[C@@H]12)C1CCOCC1. The molecule has 0 spiro atoms. The lowest BCUT2D eigenvalue weighted by Crippen LogP contribution is -2.51. The van der Waals surface area contributed by atoms with Gasteiger partial charge < -0.3 is 10.1 Å². The Labute approximate surface area is 249 Å². The van der Waals surface area contributed by atoms with Crippen molar-refractivity contribution in [2.24, 2.45) is 17.8 Å². The highest BCUT2D eigenvalue weighted by Crippen LogP contribution is 2.59. The van der Waals surface area contributed by atoms with Gasteiger partial charge in [-0.1, -0.05) is 25.1 Å². The molecule has 2 aromatic carbocycles. The molecule has 1 N–H and O–H groups in total. The molecule has 1 unspecified atom stereocenters. The Balaban J connectivity index is 1.59. The van der Waals surface area contributed by atoms with Crippen LogP contribution < -0.4 is 5.32 Å². The van der Waals surface area contributed by atoms with Crippen molar-refractivity contribution >= 4 is 15.7 Å². The summed E-state index contributed by atoms with van der Waals surface area (Å²) in [5, 5.41) is 2.98. The highest BCUT2D eigenvalue weighted by atomic mass is 32.2. The monoisotopic (exact) mass is 653 g/mol. The number of hydrogen-bond donors (Lipinski definition) is 1. The molecule has 0 bridgehead atoms. The number of sulfone groups is 1. The first kappa shape index (κ1) is 32.6. The zero-order valence-corrected chi connectivity index (χ0v) is 24.4. The first-order chi connectivity index (χ1) is 20.4. The van der Waals surface area contributed by atoms with Gasteiger partial charge in [0.05, 0.1) is 4.90 Å². The number of alkyl halides is 7. The van der Waals surface area contributed by atoms with E-state index >= 15 is 0 Å². The van der Waals surface area contributed by atoms with Crippen LogP contribution in [0.15, 0.2) is 47.4 Å². The molecule has 4 atom stereocenters. The van der Waals surface area contributed by atoms with Gasteiger partial charge in [0.25, 0.3) is 0 Å². The first-order valence-electron chi connectivity index (χ1n) is 14.3. The average Bonchev–Trinajstić information content (AvgIpc) is 3.35. The van der Waals surface area contributed by atoms with E-state index in [-0.39, 0.29) is 53.5 Å². The van der Waals surface area contributed by atoms with Gasteiger partial charge in [-0.15, -0.1) is 0 Å². The van der Waals surface area contributed by atoms with E-state index in [0.717, 1.165) is 30.3 Å². The lowest BCUT2D eigenvalue weighted by molar-refractivity contribution is -0.348. The van der Waals surface area contributed by atoms with Gasteiger partial charge >= 0.3 is 18.0 Å². The van der Waals surface area contributed by atoms with Crippen LogP contribution in [0.25, 0.3) is 0 Å². The number of benzene rings is 2. The molecule has 1 saturated carbocycles. The standard InChI is InChI=1S/C30H31F8NO4S/c1-17(18-11-14-43-15-12-18)26(40)39-25-10-13-27(44(41,42)22-6-4-21(31)5-7-22)23-9-3-20(16-19(23)2-8-24(25)27)28(32,29(33,34)35)30(36,37)38/h3-7,9,16-18,24-25H,2,8,10-15H2,1H3,(H,39,40)/t17?,24-,25+,27+/m0/s1. The number of carbonyl (C=O) groups excluding carboxylic acids is 1. The third kappa shape index (κ3) is 5.09. The van der Waals surface area contributed by atoms with Crippen LogP contribution in [0.2, 0.25) is 0 Å². The zero-order valence-electron chi connectivity index (χ0n) is 23.6. The highest BCUT2D eigenvalue weighted by molar-refractivity contribution is 7.92. The molecule has 0 aromatic heterocycles. The van der Waals surface area contributed by atoms with E-state index < -0.39 is 61.9 Å². The summed E-state index contributed by atoms with van der Waals surface area (Å²) in [5.74, 6) is -2.20. The van der Waals surface area contributed by atoms with Crippen molar-refractivity contribution in [3.8, 4) is 0 Å². The fraction of sp³-hybridized carbons (Fsp3) is 0.567. The van der Waals surface area contributed by atoms with Crippen molar-refractivity contribution in [2.75, 3.05) is 13.2 Å².